The number of hydrogen-bond donors (Lipinski definition) is 3. The zero-order chi connectivity index (χ0) is 24.5. The van der Waals surface area contributed by atoms with E-state index in [-0.39, 0.29) is 12.0 Å². The molecule has 0 spiro atoms. The van der Waals surface area contributed by atoms with Crippen LogP contribution in [0.3, 0.4) is 0 Å². The minimum atomic E-state index is -4.51. The van der Waals surface area contributed by atoms with E-state index in [1.165, 1.54) is 43.9 Å². The fourth-order valence-corrected chi connectivity index (χ4v) is 4.83. The van der Waals surface area contributed by atoms with Crippen LogP contribution >= 0.6 is 0 Å². The van der Waals surface area contributed by atoms with Gasteiger partial charge in [0.25, 0.3) is 11.8 Å². The van der Waals surface area contributed by atoms with Gasteiger partial charge in [-0.15, -0.1) is 0 Å². The number of nitrogens with one attached hydrogen (secondary N) is 2. The van der Waals surface area contributed by atoms with Gasteiger partial charge in [-0.25, -0.2) is 0 Å². The normalized spacial score (nSPS) is 21.5. The lowest BCUT2D eigenvalue weighted by molar-refractivity contribution is -0.137. The Balaban J connectivity index is 1.49. The number of hydrogen-bond acceptors (Lipinski definition) is 3. The summed E-state index contributed by atoms with van der Waals surface area (Å²) in [5.41, 5.74) is -0.694. The van der Waals surface area contributed by atoms with Crippen LogP contribution in [-0.2, 0) is 22.2 Å². The minimum absolute atomic E-state index is 0.110. The van der Waals surface area contributed by atoms with Crippen LogP contribution in [0.2, 0.25) is 0 Å². The minimum Gasteiger partial charge on any atom is -0.509 e. The molecule has 3 N–H and O–H groups in total. The highest BCUT2D eigenvalue weighted by Crippen LogP contribution is 2.34. The van der Waals surface area contributed by atoms with Gasteiger partial charge in [0.15, 0.2) is 0 Å². The summed E-state index contributed by atoms with van der Waals surface area (Å²) < 4.78 is 39.1. The third-order valence-corrected chi connectivity index (χ3v) is 6.66. The lowest BCUT2D eigenvalue weighted by Crippen LogP contribution is -2.43. The summed E-state index contributed by atoms with van der Waals surface area (Å²) in [5.74, 6) is -1.52. The summed E-state index contributed by atoms with van der Waals surface area (Å²) in [6.07, 6.45) is 1.37. The van der Waals surface area contributed by atoms with Gasteiger partial charge < -0.3 is 15.7 Å². The first-order chi connectivity index (χ1) is 16.1. The van der Waals surface area contributed by atoms with Gasteiger partial charge in [0.2, 0.25) is 0 Å². The Morgan fingerprint density at radius 2 is 1.79 bits per heavy atom. The van der Waals surface area contributed by atoms with Crippen LogP contribution in [0.5, 0.6) is 0 Å². The fraction of sp³-hybridized carbons (Fsp3) is 0.385. The molecule has 0 aromatic heterocycles. The molecule has 1 unspecified atom stereocenters. The molecule has 2 aromatic carbocycles. The van der Waals surface area contributed by atoms with Crippen molar-refractivity contribution in [2.24, 2.45) is 0 Å². The number of carbonyl (C=O) groups excluding carboxylic acids is 2. The summed E-state index contributed by atoms with van der Waals surface area (Å²) >= 11 is 0. The standard InChI is InChI=1S/C26H27F3N2O3/c1-25(15-16-6-5-9-19(14-16)26(27,28)29)22(32)21(24(34)31-25)23(33)30-20-12-10-18(11-13-20)17-7-3-2-4-8-17/h5-6,9-14,17,32H,2-4,7-8,15H2,1H3,(H,30,33)(H,31,34). The van der Waals surface area contributed by atoms with Crippen molar-refractivity contribution >= 4 is 17.5 Å². The molecule has 0 bridgehead atoms. The molecule has 5 nitrogen and oxygen atoms in total. The summed E-state index contributed by atoms with van der Waals surface area (Å²) in [6.45, 7) is 1.47. The van der Waals surface area contributed by atoms with Crippen molar-refractivity contribution in [3.8, 4) is 0 Å². The first-order valence-electron chi connectivity index (χ1n) is 11.4. The van der Waals surface area contributed by atoms with E-state index in [2.05, 4.69) is 10.6 Å². The Kier molecular flexibility index (Phi) is 6.43. The van der Waals surface area contributed by atoms with Gasteiger partial charge in [-0.05, 0) is 55.0 Å². The summed E-state index contributed by atoms with van der Waals surface area (Å²) in [5, 5.41) is 15.9. The van der Waals surface area contributed by atoms with Crippen molar-refractivity contribution in [2.45, 2.75) is 63.1 Å². The molecule has 1 aliphatic carbocycles. The predicted molar refractivity (Wildman–Crippen MR) is 122 cm³/mol. The molecule has 1 heterocycles. The van der Waals surface area contributed by atoms with E-state index in [1.807, 2.05) is 12.1 Å². The number of aliphatic hydroxyl groups is 1. The number of halogens is 3. The van der Waals surface area contributed by atoms with Gasteiger partial charge in [-0.3, -0.25) is 9.59 Å². The zero-order valence-electron chi connectivity index (χ0n) is 18.8. The maximum Gasteiger partial charge on any atom is 0.416 e. The van der Waals surface area contributed by atoms with Gasteiger partial charge in [0.1, 0.15) is 11.3 Å². The maximum absolute atomic E-state index is 13.0. The second-order valence-electron chi connectivity index (χ2n) is 9.30. The highest BCUT2D eigenvalue weighted by molar-refractivity contribution is 6.24. The molecular weight excluding hydrogens is 445 g/mol. The molecule has 1 fully saturated rings. The van der Waals surface area contributed by atoms with Gasteiger partial charge in [0, 0.05) is 12.1 Å². The Labute approximate surface area is 196 Å². The smallest absolute Gasteiger partial charge is 0.416 e. The average Bonchev–Trinajstić information content (AvgIpc) is 3.02. The summed E-state index contributed by atoms with van der Waals surface area (Å²) in [4.78, 5) is 25.3. The van der Waals surface area contributed by atoms with E-state index in [1.54, 1.807) is 12.1 Å². The van der Waals surface area contributed by atoms with E-state index in [0.29, 0.717) is 11.6 Å². The average molecular weight is 473 g/mol. The van der Waals surface area contributed by atoms with Crippen LogP contribution in [-0.4, -0.2) is 22.5 Å². The van der Waals surface area contributed by atoms with Crippen LogP contribution < -0.4 is 10.6 Å². The second-order valence-corrected chi connectivity index (χ2v) is 9.30. The number of benzene rings is 2. The first-order valence-corrected chi connectivity index (χ1v) is 11.4. The topological polar surface area (TPSA) is 78.4 Å². The van der Waals surface area contributed by atoms with Crippen LogP contribution in [0.15, 0.2) is 59.9 Å². The number of alkyl halides is 3. The van der Waals surface area contributed by atoms with E-state index >= 15 is 0 Å². The van der Waals surface area contributed by atoms with Crippen molar-refractivity contribution in [3.63, 3.8) is 0 Å². The molecular formula is C26H27F3N2O3. The van der Waals surface area contributed by atoms with Crippen LogP contribution in [0, 0.1) is 0 Å². The lowest BCUT2D eigenvalue weighted by Gasteiger charge is -2.25. The van der Waals surface area contributed by atoms with E-state index in [9.17, 15) is 27.9 Å². The number of aliphatic hydroxyl groups excluding tert-OH is 1. The van der Waals surface area contributed by atoms with Crippen LogP contribution in [0.4, 0.5) is 18.9 Å². The maximum atomic E-state index is 13.0. The molecule has 1 atom stereocenters. The summed E-state index contributed by atoms with van der Waals surface area (Å²) in [6, 6.07) is 12.1. The van der Waals surface area contributed by atoms with E-state index in [4.69, 9.17) is 0 Å². The van der Waals surface area contributed by atoms with Gasteiger partial charge in [-0.2, -0.15) is 13.2 Å². The van der Waals surface area contributed by atoms with Crippen LogP contribution in [0.25, 0.3) is 0 Å². The highest BCUT2D eigenvalue weighted by Gasteiger charge is 2.45. The van der Waals surface area contributed by atoms with Crippen molar-refractivity contribution in [1.82, 2.24) is 5.32 Å². The van der Waals surface area contributed by atoms with Crippen LogP contribution in [0.1, 0.15) is 61.6 Å². The Morgan fingerprint density at radius 1 is 1.12 bits per heavy atom. The number of rotatable bonds is 5. The molecule has 4 rings (SSSR count). The first kappa shape index (κ1) is 23.9. The molecule has 0 saturated heterocycles. The molecule has 180 valence electrons. The SMILES string of the molecule is CC1(Cc2cccc(C(F)(F)F)c2)NC(=O)C(C(=O)Nc2ccc(C3CCCCC3)cc2)=C1O. The third kappa shape index (κ3) is 4.95. The van der Waals surface area contributed by atoms with Crippen molar-refractivity contribution in [3.05, 3.63) is 76.6 Å². The van der Waals surface area contributed by atoms with Gasteiger partial charge in [-0.1, -0.05) is 49.6 Å². The molecule has 2 amide bonds. The monoisotopic (exact) mass is 472 g/mol. The molecule has 34 heavy (non-hydrogen) atoms. The third-order valence-electron chi connectivity index (χ3n) is 6.66. The van der Waals surface area contributed by atoms with Crippen molar-refractivity contribution in [1.29, 1.82) is 0 Å². The number of amides is 2. The molecule has 0 radical (unpaired) electrons. The van der Waals surface area contributed by atoms with E-state index in [0.717, 1.165) is 25.0 Å². The van der Waals surface area contributed by atoms with Gasteiger partial charge in [0.05, 0.1) is 11.1 Å². The molecule has 2 aromatic rings. The number of carbonyl (C=O) groups is 2. The zero-order valence-corrected chi connectivity index (χ0v) is 18.8. The van der Waals surface area contributed by atoms with Crippen molar-refractivity contribution in [2.75, 3.05) is 5.32 Å². The molecule has 2 aliphatic rings. The van der Waals surface area contributed by atoms with Gasteiger partial charge >= 0.3 is 6.18 Å². The fourth-order valence-electron chi connectivity index (χ4n) is 4.83. The number of anilines is 1. The Hall–Kier alpha value is -3.29. The molecule has 8 heteroatoms. The Morgan fingerprint density at radius 3 is 2.44 bits per heavy atom. The highest BCUT2D eigenvalue weighted by atomic mass is 19.4. The Bertz CT molecular complexity index is 1120. The molecule has 1 aliphatic heterocycles. The lowest BCUT2D eigenvalue weighted by atomic mass is 9.84. The predicted octanol–water partition coefficient (Wildman–Crippen LogP) is 5.63. The van der Waals surface area contributed by atoms with E-state index < -0.39 is 40.4 Å². The van der Waals surface area contributed by atoms with Crippen molar-refractivity contribution < 1.29 is 27.9 Å². The second kappa shape index (κ2) is 9.16. The largest absolute Gasteiger partial charge is 0.509 e. The summed E-state index contributed by atoms with van der Waals surface area (Å²) in [7, 11) is 0. The quantitative estimate of drug-likeness (QED) is 0.493. The molecule has 1 saturated carbocycles.